The molecule has 0 saturated carbocycles. The molecule has 2 aromatic carbocycles. The summed E-state index contributed by atoms with van der Waals surface area (Å²) in [6, 6.07) is 10.4. The number of phenols is 1. The van der Waals surface area contributed by atoms with Gasteiger partial charge in [0.1, 0.15) is 23.0 Å². The largest absolute Gasteiger partial charge is 0.507 e. The van der Waals surface area contributed by atoms with Crippen LogP contribution >= 0.6 is 0 Å². The van der Waals surface area contributed by atoms with Gasteiger partial charge in [0.25, 0.3) is 11.8 Å². The Bertz CT molecular complexity index is 1470. The van der Waals surface area contributed by atoms with Crippen LogP contribution in [-0.4, -0.2) is 44.9 Å². The highest BCUT2D eigenvalue weighted by atomic mass is 19.1. The predicted molar refractivity (Wildman–Crippen MR) is 127 cm³/mol. The minimum atomic E-state index is -0.876. The van der Waals surface area contributed by atoms with Gasteiger partial charge in [-0.15, -0.1) is 0 Å². The fourth-order valence-electron chi connectivity index (χ4n) is 4.17. The number of halogens is 2. The zero-order valence-electron chi connectivity index (χ0n) is 18.4. The third kappa shape index (κ3) is 4.48. The van der Waals surface area contributed by atoms with Gasteiger partial charge in [-0.3, -0.25) is 9.59 Å². The molecular formula is C26H20F2N4O3. The average molecular weight is 474 g/mol. The van der Waals surface area contributed by atoms with Crippen molar-refractivity contribution >= 4 is 34.1 Å². The molecule has 3 heterocycles. The molecule has 0 atom stereocenters. The van der Waals surface area contributed by atoms with Crippen molar-refractivity contribution in [2.45, 2.75) is 6.42 Å². The molecule has 1 aliphatic rings. The van der Waals surface area contributed by atoms with Gasteiger partial charge < -0.3 is 20.3 Å². The lowest BCUT2D eigenvalue weighted by Gasteiger charge is -2.27. The van der Waals surface area contributed by atoms with E-state index in [1.807, 2.05) is 24.4 Å². The Morgan fingerprint density at radius 1 is 1.09 bits per heavy atom. The Balaban J connectivity index is 1.28. The summed E-state index contributed by atoms with van der Waals surface area (Å²) in [6.07, 6.45) is 6.27. The van der Waals surface area contributed by atoms with E-state index < -0.39 is 17.5 Å². The molecule has 4 aromatic rings. The van der Waals surface area contributed by atoms with Crippen LogP contribution in [0.5, 0.6) is 5.75 Å². The molecule has 0 fully saturated rings. The molecule has 0 saturated heterocycles. The summed E-state index contributed by atoms with van der Waals surface area (Å²) in [7, 11) is 0. The van der Waals surface area contributed by atoms with Crippen LogP contribution in [0, 0.1) is 11.6 Å². The topological polar surface area (TPSA) is 98.3 Å². The summed E-state index contributed by atoms with van der Waals surface area (Å²) in [5.74, 6) is -3.15. The first kappa shape index (κ1) is 22.3. The number of pyridine rings is 1. The Labute approximate surface area is 198 Å². The molecule has 1 aliphatic heterocycles. The third-order valence-electron chi connectivity index (χ3n) is 5.90. The van der Waals surface area contributed by atoms with Crippen molar-refractivity contribution in [1.29, 1.82) is 0 Å². The highest BCUT2D eigenvalue weighted by molar-refractivity contribution is 6.05. The van der Waals surface area contributed by atoms with Crippen molar-refractivity contribution in [3.8, 4) is 5.75 Å². The van der Waals surface area contributed by atoms with Crippen LogP contribution in [0.15, 0.2) is 67.0 Å². The molecule has 0 bridgehead atoms. The minimum absolute atomic E-state index is 0.0907. The van der Waals surface area contributed by atoms with Crippen molar-refractivity contribution < 1.29 is 23.5 Å². The maximum atomic E-state index is 13.4. The number of anilines is 1. The SMILES string of the molecule is O=C(Nc1ccc(C(=O)N2CC=C(c3c[nH]c4ncccc34)CC2)c(O)c1)c1cc(F)cc(F)c1. The van der Waals surface area contributed by atoms with Crippen molar-refractivity contribution in [2.75, 3.05) is 18.4 Å². The van der Waals surface area contributed by atoms with Gasteiger partial charge in [-0.2, -0.15) is 0 Å². The number of phenolic OH excluding ortho intramolecular Hbond substituents is 1. The van der Waals surface area contributed by atoms with Crippen molar-refractivity contribution in [3.05, 3.63) is 95.3 Å². The first-order valence-corrected chi connectivity index (χ1v) is 10.9. The monoisotopic (exact) mass is 474 g/mol. The maximum Gasteiger partial charge on any atom is 0.257 e. The molecule has 3 N–H and O–H groups in total. The molecule has 5 rings (SSSR count). The summed E-state index contributed by atoms with van der Waals surface area (Å²) in [5, 5.41) is 13.9. The summed E-state index contributed by atoms with van der Waals surface area (Å²) < 4.78 is 26.7. The lowest BCUT2D eigenvalue weighted by atomic mass is 9.99. The standard InChI is InChI=1S/C26H20F2N4O3/c27-17-10-16(11-18(28)12-17)25(34)31-19-3-4-21(23(33)13-19)26(35)32-8-5-15(6-9-32)22-14-30-24-20(22)2-1-7-29-24/h1-5,7,10-14,33H,6,8-9H2,(H,29,30)(H,31,34). The van der Waals surface area contributed by atoms with Gasteiger partial charge in [0.05, 0.1) is 5.56 Å². The first-order chi connectivity index (χ1) is 16.9. The van der Waals surface area contributed by atoms with Gasteiger partial charge in [-0.1, -0.05) is 6.08 Å². The number of hydrogen-bond donors (Lipinski definition) is 3. The van der Waals surface area contributed by atoms with Gasteiger partial charge in [-0.05, 0) is 48.4 Å². The van der Waals surface area contributed by atoms with Gasteiger partial charge in [0.2, 0.25) is 0 Å². The molecule has 2 amide bonds. The second kappa shape index (κ2) is 9.02. The van der Waals surface area contributed by atoms with E-state index in [1.54, 1.807) is 11.1 Å². The van der Waals surface area contributed by atoms with Crippen LogP contribution in [0.4, 0.5) is 14.5 Å². The highest BCUT2D eigenvalue weighted by Crippen LogP contribution is 2.30. The number of aromatic amines is 1. The number of benzene rings is 2. The quantitative estimate of drug-likeness (QED) is 0.398. The fraction of sp³-hybridized carbons (Fsp3) is 0.115. The number of carbonyl (C=O) groups excluding carboxylic acids is 2. The van der Waals surface area contributed by atoms with Crippen molar-refractivity contribution in [1.82, 2.24) is 14.9 Å². The molecule has 9 heteroatoms. The zero-order chi connectivity index (χ0) is 24.5. The number of fused-ring (bicyclic) bond motifs is 1. The van der Waals surface area contributed by atoms with Gasteiger partial charge in [0.15, 0.2) is 0 Å². The average Bonchev–Trinajstić information content (AvgIpc) is 3.27. The number of amides is 2. The predicted octanol–water partition coefficient (Wildman–Crippen LogP) is 4.73. The molecule has 0 aliphatic carbocycles. The van der Waals surface area contributed by atoms with Crippen LogP contribution in [-0.2, 0) is 0 Å². The fourth-order valence-corrected chi connectivity index (χ4v) is 4.17. The van der Waals surface area contributed by atoms with Gasteiger partial charge in [-0.25, -0.2) is 13.8 Å². The van der Waals surface area contributed by atoms with E-state index >= 15 is 0 Å². The molecule has 2 aromatic heterocycles. The van der Waals surface area contributed by atoms with Gasteiger partial charge >= 0.3 is 0 Å². The van der Waals surface area contributed by atoms with Gasteiger partial charge in [0, 0.05) is 59.8 Å². The number of hydrogen-bond acceptors (Lipinski definition) is 4. The van der Waals surface area contributed by atoms with E-state index in [9.17, 15) is 23.5 Å². The number of aromatic hydroxyl groups is 1. The molecular weight excluding hydrogens is 454 g/mol. The van der Waals surface area contributed by atoms with E-state index in [0.717, 1.165) is 34.3 Å². The molecule has 7 nitrogen and oxygen atoms in total. The number of rotatable bonds is 4. The lowest BCUT2D eigenvalue weighted by Crippen LogP contribution is -2.34. The van der Waals surface area contributed by atoms with E-state index in [4.69, 9.17) is 0 Å². The Kier molecular flexibility index (Phi) is 5.74. The third-order valence-corrected chi connectivity index (χ3v) is 5.90. The molecule has 0 spiro atoms. The summed E-state index contributed by atoms with van der Waals surface area (Å²) in [4.78, 5) is 34.4. The molecule has 176 valence electrons. The summed E-state index contributed by atoms with van der Waals surface area (Å²) in [5.41, 5.74) is 3.05. The molecule has 0 radical (unpaired) electrons. The zero-order valence-corrected chi connectivity index (χ0v) is 18.4. The van der Waals surface area contributed by atoms with E-state index in [1.165, 1.54) is 18.2 Å². The summed E-state index contributed by atoms with van der Waals surface area (Å²) >= 11 is 0. The maximum absolute atomic E-state index is 13.4. The normalized spacial score (nSPS) is 13.5. The Hall–Kier alpha value is -4.53. The number of H-pyrrole nitrogens is 1. The Morgan fingerprint density at radius 2 is 1.89 bits per heavy atom. The van der Waals surface area contributed by atoms with E-state index in [0.29, 0.717) is 25.6 Å². The van der Waals surface area contributed by atoms with Crippen LogP contribution in [0.25, 0.3) is 16.6 Å². The Morgan fingerprint density at radius 3 is 2.60 bits per heavy atom. The van der Waals surface area contributed by atoms with Crippen LogP contribution in [0.2, 0.25) is 0 Å². The number of nitrogens with zero attached hydrogens (tertiary/aromatic N) is 2. The summed E-state index contributed by atoms with van der Waals surface area (Å²) in [6.45, 7) is 0.852. The molecule has 0 unspecified atom stereocenters. The lowest BCUT2D eigenvalue weighted by molar-refractivity contribution is 0.0769. The van der Waals surface area contributed by atoms with E-state index in [-0.39, 0.29) is 28.5 Å². The highest BCUT2D eigenvalue weighted by Gasteiger charge is 2.23. The second-order valence-corrected chi connectivity index (χ2v) is 8.18. The smallest absolute Gasteiger partial charge is 0.257 e. The second-order valence-electron chi connectivity index (χ2n) is 8.18. The van der Waals surface area contributed by atoms with Crippen molar-refractivity contribution in [2.24, 2.45) is 0 Å². The molecule has 35 heavy (non-hydrogen) atoms. The number of nitrogens with one attached hydrogen (secondary N) is 2. The first-order valence-electron chi connectivity index (χ1n) is 10.9. The number of aromatic nitrogens is 2. The number of carbonyl (C=O) groups is 2. The van der Waals surface area contributed by atoms with Crippen molar-refractivity contribution in [3.63, 3.8) is 0 Å². The van der Waals surface area contributed by atoms with E-state index in [2.05, 4.69) is 15.3 Å². The van der Waals surface area contributed by atoms with Crippen LogP contribution in [0.1, 0.15) is 32.7 Å². The minimum Gasteiger partial charge on any atom is -0.507 e. The van der Waals surface area contributed by atoms with Crippen LogP contribution in [0.3, 0.4) is 0 Å². The van der Waals surface area contributed by atoms with Crippen LogP contribution < -0.4 is 5.32 Å².